The Morgan fingerprint density at radius 2 is 0.744 bits per heavy atom. The molecule has 1 aliphatic carbocycles. The van der Waals surface area contributed by atoms with Crippen LogP contribution in [0.4, 0.5) is 34.1 Å². The molecule has 4 heteroatoms. The Morgan fingerprint density at radius 3 is 1.19 bits per heavy atom. The number of fused-ring (bicyclic) bond motifs is 7. The van der Waals surface area contributed by atoms with Crippen molar-refractivity contribution < 1.29 is 0 Å². The Labute approximate surface area is 531 Å². The van der Waals surface area contributed by atoms with Crippen molar-refractivity contribution >= 4 is 79.0 Å². The van der Waals surface area contributed by atoms with E-state index in [1.54, 1.807) is 0 Å². The van der Waals surface area contributed by atoms with Gasteiger partial charge in [0, 0.05) is 61.5 Å². The van der Waals surface area contributed by atoms with E-state index in [4.69, 9.17) is 0 Å². The molecule has 0 N–H and O–H groups in total. The zero-order valence-electron chi connectivity index (χ0n) is 52.5. The molecule has 0 amide bonds. The third kappa shape index (κ3) is 9.41. The molecule has 1 aromatic heterocycles. The van der Waals surface area contributed by atoms with Crippen LogP contribution in [0, 0.1) is 0 Å². The van der Waals surface area contributed by atoms with Crippen molar-refractivity contribution in [1.29, 1.82) is 0 Å². The summed E-state index contributed by atoms with van der Waals surface area (Å²) in [6.45, 7) is 14.0. The SMILES string of the molecule is CC(C)(C)c1cc(-c2ccc3c(c2)N(c2c(-c4ccccc4)cccc2-c2ccccc2)c2cc(C4CCCCC4)cc4c2B3c2ccc(-n3c5ccccc5c5ccccc53)cc2N4c2c(-c3ccccc3)cccc2-c2ccccc2)cc(C(C)(C)C)c1. The van der Waals surface area contributed by atoms with E-state index in [0.717, 1.165) is 18.5 Å². The molecule has 16 rings (SSSR count). The van der Waals surface area contributed by atoms with Gasteiger partial charge in [0.1, 0.15) is 0 Å². The normalized spacial score (nSPS) is 14.0. The van der Waals surface area contributed by atoms with Gasteiger partial charge in [-0.05, 0) is 139 Å². The molecule has 1 fully saturated rings. The predicted molar refractivity (Wildman–Crippen MR) is 385 cm³/mol. The van der Waals surface area contributed by atoms with Crippen molar-refractivity contribution in [3.8, 4) is 61.3 Å². The lowest BCUT2D eigenvalue weighted by Crippen LogP contribution is -2.61. The van der Waals surface area contributed by atoms with E-state index in [9.17, 15) is 0 Å². The molecule has 3 aliphatic rings. The average Bonchev–Trinajstić information content (AvgIpc) is 0.731. The van der Waals surface area contributed by atoms with Crippen molar-refractivity contribution in [1.82, 2.24) is 4.57 Å². The standard InChI is InChI=1S/C86H74BN3/c1-85(2,3)65-50-63(51-66(55-65)86(4,5)6)62-46-48-74-78(52-62)89(83-68(58-30-14-8-15-31-58)40-26-41-69(83)59-32-16-9-17-33-59)80-53-64(57-28-12-7-13-29-57)54-81-82(80)87(74)75-49-47-67(88-76-44-24-22-38-72(76)73-39-23-25-45-77(73)88)56-79(75)90(81)84-70(60-34-18-10-19-35-60)42-27-43-71(84)61-36-20-11-21-37-61/h8-11,14-27,30-57H,7,12-13,28-29H2,1-6H3. The Bertz CT molecular complexity index is 4690. The summed E-state index contributed by atoms with van der Waals surface area (Å²) in [7, 11) is 0. The van der Waals surface area contributed by atoms with Crippen molar-refractivity contribution in [3.63, 3.8) is 0 Å². The molecule has 0 saturated heterocycles. The van der Waals surface area contributed by atoms with Crippen LogP contribution in [-0.2, 0) is 10.8 Å². The van der Waals surface area contributed by atoms with Gasteiger partial charge in [-0.1, -0.05) is 291 Å². The van der Waals surface area contributed by atoms with Gasteiger partial charge >= 0.3 is 0 Å². The molecular formula is C86H74BN3. The molecule has 436 valence electrons. The van der Waals surface area contributed by atoms with Crippen LogP contribution in [0.3, 0.4) is 0 Å². The first-order chi connectivity index (χ1) is 43.9. The number of hydrogen-bond acceptors (Lipinski definition) is 2. The Kier molecular flexibility index (Phi) is 13.5. The second-order valence-corrected chi connectivity index (χ2v) is 27.5. The molecule has 0 bridgehead atoms. The van der Waals surface area contributed by atoms with Crippen molar-refractivity contribution in [2.75, 3.05) is 9.80 Å². The largest absolute Gasteiger partial charge is 0.310 e. The van der Waals surface area contributed by atoms with Gasteiger partial charge in [-0.3, -0.25) is 0 Å². The number of rotatable bonds is 9. The Morgan fingerprint density at radius 1 is 0.333 bits per heavy atom. The van der Waals surface area contributed by atoms with Crippen LogP contribution < -0.4 is 26.2 Å². The maximum absolute atomic E-state index is 2.75. The van der Waals surface area contributed by atoms with Crippen LogP contribution in [0.5, 0.6) is 0 Å². The van der Waals surface area contributed by atoms with E-state index in [1.807, 2.05) is 0 Å². The minimum Gasteiger partial charge on any atom is -0.310 e. The van der Waals surface area contributed by atoms with E-state index in [2.05, 4.69) is 329 Å². The van der Waals surface area contributed by atoms with E-state index >= 15 is 0 Å². The minimum absolute atomic E-state index is 0.0599. The topological polar surface area (TPSA) is 11.4 Å². The number of hydrogen-bond donors (Lipinski definition) is 0. The van der Waals surface area contributed by atoms with Gasteiger partial charge in [0.25, 0.3) is 6.71 Å². The van der Waals surface area contributed by atoms with Crippen molar-refractivity contribution in [2.24, 2.45) is 0 Å². The number of benzene rings is 12. The van der Waals surface area contributed by atoms with E-state index < -0.39 is 0 Å². The highest BCUT2D eigenvalue weighted by atomic mass is 15.2. The minimum atomic E-state index is -0.145. The highest BCUT2D eigenvalue weighted by Crippen LogP contribution is 2.55. The van der Waals surface area contributed by atoms with Crippen molar-refractivity contribution in [3.05, 3.63) is 290 Å². The molecule has 0 atom stereocenters. The second-order valence-electron chi connectivity index (χ2n) is 27.5. The summed E-state index contributed by atoms with van der Waals surface area (Å²) in [5, 5.41) is 2.50. The highest BCUT2D eigenvalue weighted by Gasteiger charge is 2.46. The summed E-state index contributed by atoms with van der Waals surface area (Å²) >= 11 is 0. The van der Waals surface area contributed by atoms with E-state index in [0.29, 0.717) is 5.92 Å². The van der Waals surface area contributed by atoms with Crippen LogP contribution in [0.15, 0.2) is 273 Å². The third-order valence-corrected chi connectivity index (χ3v) is 19.8. The van der Waals surface area contributed by atoms with Gasteiger partial charge in [-0.25, -0.2) is 0 Å². The van der Waals surface area contributed by atoms with Gasteiger partial charge in [-0.2, -0.15) is 0 Å². The van der Waals surface area contributed by atoms with Gasteiger partial charge in [0.05, 0.1) is 22.4 Å². The highest BCUT2D eigenvalue weighted by molar-refractivity contribution is 7.00. The van der Waals surface area contributed by atoms with Crippen LogP contribution >= 0.6 is 0 Å². The molecule has 0 radical (unpaired) electrons. The second kappa shape index (κ2) is 22.0. The van der Waals surface area contributed by atoms with Crippen LogP contribution in [0.25, 0.3) is 83.1 Å². The molecule has 3 nitrogen and oxygen atoms in total. The van der Waals surface area contributed by atoms with Crippen LogP contribution in [-0.4, -0.2) is 11.3 Å². The molecule has 0 unspecified atom stereocenters. The molecule has 1 saturated carbocycles. The Hall–Kier alpha value is -9.90. The summed E-state index contributed by atoms with van der Waals surface area (Å²) in [5.41, 5.74) is 30.5. The zero-order chi connectivity index (χ0) is 60.8. The maximum atomic E-state index is 2.75. The fraction of sp³-hybridized carbons (Fsp3) is 0.163. The fourth-order valence-corrected chi connectivity index (χ4v) is 15.3. The molecule has 0 spiro atoms. The number of para-hydroxylation sites is 4. The monoisotopic (exact) mass is 1160 g/mol. The number of nitrogens with zero attached hydrogens (tertiary/aromatic N) is 3. The smallest absolute Gasteiger partial charge is 0.252 e. The van der Waals surface area contributed by atoms with Crippen molar-refractivity contribution in [2.45, 2.75) is 90.4 Å². The summed E-state index contributed by atoms with van der Waals surface area (Å²) in [6, 6.07) is 104. The lowest BCUT2D eigenvalue weighted by Gasteiger charge is -2.46. The van der Waals surface area contributed by atoms with Gasteiger partial charge in [0.15, 0.2) is 0 Å². The van der Waals surface area contributed by atoms with E-state index in [1.165, 1.54) is 164 Å². The van der Waals surface area contributed by atoms with Gasteiger partial charge in [-0.15, -0.1) is 0 Å². The third-order valence-electron chi connectivity index (χ3n) is 19.8. The zero-order valence-corrected chi connectivity index (χ0v) is 52.5. The number of aromatic nitrogens is 1. The molecular weight excluding hydrogens is 1090 g/mol. The summed E-state index contributed by atoms with van der Waals surface area (Å²) in [5.74, 6) is 0.382. The molecule has 12 aromatic carbocycles. The van der Waals surface area contributed by atoms with Crippen LogP contribution in [0.1, 0.15) is 96.3 Å². The average molecular weight is 1160 g/mol. The summed E-state index contributed by atoms with van der Waals surface area (Å²) < 4.78 is 2.51. The maximum Gasteiger partial charge on any atom is 0.252 e. The van der Waals surface area contributed by atoms with Gasteiger partial charge < -0.3 is 14.4 Å². The molecule has 90 heavy (non-hydrogen) atoms. The quantitative estimate of drug-likeness (QED) is 0.133. The summed E-state index contributed by atoms with van der Waals surface area (Å²) in [4.78, 5) is 5.49. The molecule has 13 aromatic rings. The van der Waals surface area contributed by atoms with Crippen LogP contribution in [0.2, 0.25) is 0 Å². The predicted octanol–water partition coefficient (Wildman–Crippen LogP) is 21.8. The fourth-order valence-electron chi connectivity index (χ4n) is 15.3. The summed E-state index contributed by atoms with van der Waals surface area (Å²) in [6.07, 6.45) is 6.02. The first-order valence-electron chi connectivity index (χ1n) is 32.6. The Balaban J connectivity index is 1.08. The van der Waals surface area contributed by atoms with E-state index in [-0.39, 0.29) is 17.5 Å². The number of anilines is 6. The molecule has 3 heterocycles. The molecule has 2 aliphatic heterocycles. The first kappa shape index (κ1) is 55.4. The first-order valence-corrected chi connectivity index (χ1v) is 32.6. The van der Waals surface area contributed by atoms with Gasteiger partial charge in [0.2, 0.25) is 0 Å². The lowest BCUT2D eigenvalue weighted by atomic mass is 9.33. The lowest BCUT2D eigenvalue weighted by molar-refractivity contribution is 0.444.